The van der Waals surface area contributed by atoms with E-state index in [1.165, 1.54) is 6.26 Å². The average molecular weight is 500 g/mol. The van der Waals surface area contributed by atoms with Gasteiger partial charge in [-0.05, 0) is 44.0 Å². The Hall–Kier alpha value is -4.33. The minimum absolute atomic E-state index is 0.00400. The molecular weight excluding hydrogens is 470 g/mol. The number of benzene rings is 2. The van der Waals surface area contributed by atoms with Gasteiger partial charge in [0.1, 0.15) is 12.0 Å². The Morgan fingerprint density at radius 3 is 2.27 bits per heavy atom. The van der Waals surface area contributed by atoms with Crippen LogP contribution >= 0.6 is 0 Å². The maximum Gasteiger partial charge on any atom is 0.251 e. The predicted molar refractivity (Wildman–Crippen MR) is 138 cm³/mol. The van der Waals surface area contributed by atoms with Crippen LogP contribution in [-0.4, -0.2) is 38.2 Å². The van der Waals surface area contributed by atoms with Crippen LogP contribution in [0, 0.1) is 0 Å². The molecule has 8 heteroatoms. The quantitative estimate of drug-likeness (QED) is 0.286. The fourth-order valence-corrected chi connectivity index (χ4v) is 5.14. The molecular formula is C29H29N3O5. The first kappa shape index (κ1) is 24.4. The highest BCUT2D eigenvalue weighted by Gasteiger charge is 2.33. The van der Waals surface area contributed by atoms with E-state index in [2.05, 4.69) is 10.5 Å². The highest BCUT2D eigenvalue weighted by Crippen LogP contribution is 2.46. The number of aromatic hydroxyl groups is 2. The first-order valence-electron chi connectivity index (χ1n) is 12.6. The van der Waals surface area contributed by atoms with Crippen molar-refractivity contribution < 1.29 is 24.3 Å². The molecule has 8 nitrogen and oxygen atoms in total. The van der Waals surface area contributed by atoms with Crippen molar-refractivity contribution in [3.05, 3.63) is 83.2 Å². The third kappa shape index (κ3) is 4.62. The molecule has 1 aliphatic carbocycles. The summed E-state index contributed by atoms with van der Waals surface area (Å²) in [5.41, 5.74) is 3.66. The molecule has 1 aliphatic rings. The van der Waals surface area contributed by atoms with E-state index in [0.29, 0.717) is 34.7 Å². The van der Waals surface area contributed by atoms with Gasteiger partial charge in [0.15, 0.2) is 11.5 Å². The van der Waals surface area contributed by atoms with Gasteiger partial charge in [0, 0.05) is 46.6 Å². The number of nitrogens with one attached hydrogen (secondary N) is 1. The number of rotatable bonds is 7. The Morgan fingerprint density at radius 1 is 0.973 bits per heavy atom. The Kier molecular flexibility index (Phi) is 6.81. The summed E-state index contributed by atoms with van der Waals surface area (Å²) in [5, 5.41) is 28.8. The van der Waals surface area contributed by atoms with Gasteiger partial charge < -0.3 is 20.1 Å². The molecule has 0 aliphatic heterocycles. The fourth-order valence-electron chi connectivity index (χ4n) is 5.14. The number of carbonyl (C=O) groups is 2. The third-order valence-corrected chi connectivity index (χ3v) is 6.98. The standard InChI is InChI=1S/C29H29N3O5/c1-2-30-28(35)21-10-8-20(9-11-21)26(33)24-25(19-6-4-3-5-7-19)32(29(36)27(24)34)22-14-12-18(13-15-22)23-16-17-37-31-23/h8-17,19,34,36H,2-7H2,1H3,(H,30,35). The summed E-state index contributed by atoms with van der Waals surface area (Å²) >= 11 is 0. The minimum atomic E-state index is -0.432. The van der Waals surface area contributed by atoms with Crippen molar-refractivity contribution >= 4 is 11.7 Å². The third-order valence-electron chi connectivity index (χ3n) is 6.98. The Labute approximate surface area is 214 Å². The molecule has 0 radical (unpaired) electrons. The number of amides is 1. The lowest BCUT2D eigenvalue weighted by Gasteiger charge is -2.25. The maximum atomic E-state index is 13.7. The second-order valence-corrected chi connectivity index (χ2v) is 9.30. The van der Waals surface area contributed by atoms with E-state index in [4.69, 9.17) is 4.52 Å². The van der Waals surface area contributed by atoms with Crippen molar-refractivity contribution in [1.29, 1.82) is 0 Å². The van der Waals surface area contributed by atoms with Crippen molar-refractivity contribution in [1.82, 2.24) is 15.0 Å². The summed E-state index contributed by atoms with van der Waals surface area (Å²) in [6.45, 7) is 2.34. The van der Waals surface area contributed by atoms with Crippen LogP contribution in [0.1, 0.15) is 76.9 Å². The monoisotopic (exact) mass is 499 g/mol. The second-order valence-electron chi connectivity index (χ2n) is 9.30. The van der Waals surface area contributed by atoms with Gasteiger partial charge in [0.25, 0.3) is 5.91 Å². The van der Waals surface area contributed by atoms with E-state index >= 15 is 0 Å². The lowest BCUT2D eigenvalue weighted by Crippen LogP contribution is -2.22. The van der Waals surface area contributed by atoms with Crippen molar-refractivity contribution in [3.8, 4) is 28.6 Å². The normalized spacial score (nSPS) is 14.0. The van der Waals surface area contributed by atoms with E-state index < -0.39 is 11.5 Å². The SMILES string of the molecule is CCNC(=O)c1ccc(C(=O)c2c(O)c(O)n(-c3ccc(-c4ccon4)cc3)c2C2CCCCC2)cc1. The van der Waals surface area contributed by atoms with Crippen LogP contribution in [0.3, 0.4) is 0 Å². The summed E-state index contributed by atoms with van der Waals surface area (Å²) in [4.78, 5) is 25.9. The summed E-state index contributed by atoms with van der Waals surface area (Å²) in [6, 6.07) is 15.5. The molecule has 4 aromatic rings. The molecule has 0 spiro atoms. The van der Waals surface area contributed by atoms with E-state index in [9.17, 15) is 19.8 Å². The van der Waals surface area contributed by atoms with Gasteiger partial charge in [0.05, 0.1) is 5.56 Å². The van der Waals surface area contributed by atoms with Crippen molar-refractivity contribution in [2.75, 3.05) is 6.54 Å². The molecule has 2 aromatic heterocycles. The Bertz CT molecular complexity index is 1400. The molecule has 2 aromatic carbocycles. The smallest absolute Gasteiger partial charge is 0.251 e. The lowest BCUT2D eigenvalue weighted by atomic mass is 9.84. The molecule has 0 bridgehead atoms. The van der Waals surface area contributed by atoms with Gasteiger partial charge in [-0.25, -0.2) is 0 Å². The first-order valence-corrected chi connectivity index (χ1v) is 12.6. The Balaban J connectivity index is 1.58. The number of hydrogen-bond donors (Lipinski definition) is 3. The van der Waals surface area contributed by atoms with Crippen LogP contribution < -0.4 is 5.32 Å². The van der Waals surface area contributed by atoms with Crippen LogP contribution in [0.4, 0.5) is 0 Å². The molecule has 1 saturated carbocycles. The fraction of sp³-hybridized carbons (Fsp3) is 0.276. The molecule has 0 atom stereocenters. The van der Waals surface area contributed by atoms with Gasteiger partial charge in [0.2, 0.25) is 5.88 Å². The Morgan fingerprint density at radius 2 is 1.65 bits per heavy atom. The van der Waals surface area contributed by atoms with Crippen molar-refractivity contribution in [2.24, 2.45) is 0 Å². The predicted octanol–water partition coefficient (Wildman–Crippen LogP) is 5.57. The van der Waals surface area contributed by atoms with E-state index in [0.717, 1.165) is 37.7 Å². The van der Waals surface area contributed by atoms with Gasteiger partial charge >= 0.3 is 0 Å². The molecule has 0 unspecified atom stereocenters. The van der Waals surface area contributed by atoms with Gasteiger partial charge in [-0.3, -0.25) is 14.2 Å². The average Bonchev–Trinajstić information content (AvgIpc) is 3.56. The molecule has 1 fully saturated rings. The van der Waals surface area contributed by atoms with Gasteiger partial charge in [-0.2, -0.15) is 0 Å². The summed E-state index contributed by atoms with van der Waals surface area (Å²) in [6.07, 6.45) is 6.36. The number of ketones is 1. The van der Waals surface area contributed by atoms with Gasteiger partial charge in [-0.1, -0.05) is 48.7 Å². The van der Waals surface area contributed by atoms with Crippen LogP contribution in [0.25, 0.3) is 16.9 Å². The summed E-state index contributed by atoms with van der Waals surface area (Å²) in [5.74, 6) is -1.40. The topological polar surface area (TPSA) is 118 Å². The zero-order chi connectivity index (χ0) is 25.9. The van der Waals surface area contributed by atoms with Gasteiger partial charge in [-0.15, -0.1) is 0 Å². The zero-order valence-corrected chi connectivity index (χ0v) is 20.6. The van der Waals surface area contributed by atoms with Crippen LogP contribution in [-0.2, 0) is 0 Å². The highest BCUT2D eigenvalue weighted by molar-refractivity contribution is 6.12. The summed E-state index contributed by atoms with van der Waals surface area (Å²) in [7, 11) is 0. The largest absolute Gasteiger partial charge is 0.503 e. The lowest BCUT2D eigenvalue weighted by molar-refractivity contribution is 0.0954. The molecule has 37 heavy (non-hydrogen) atoms. The number of nitrogens with zero attached hydrogens (tertiary/aromatic N) is 2. The van der Waals surface area contributed by atoms with Crippen molar-refractivity contribution in [3.63, 3.8) is 0 Å². The molecule has 190 valence electrons. The van der Waals surface area contributed by atoms with Crippen molar-refractivity contribution in [2.45, 2.75) is 44.9 Å². The molecule has 3 N–H and O–H groups in total. The van der Waals surface area contributed by atoms with Crippen LogP contribution in [0.15, 0.2) is 65.4 Å². The van der Waals surface area contributed by atoms with Crippen LogP contribution in [0.5, 0.6) is 11.6 Å². The first-order chi connectivity index (χ1) is 18.0. The number of aromatic nitrogens is 2. The van der Waals surface area contributed by atoms with Crippen LogP contribution in [0.2, 0.25) is 0 Å². The molecule has 1 amide bonds. The number of carbonyl (C=O) groups excluding carboxylic acids is 2. The van der Waals surface area contributed by atoms with E-state index in [-0.39, 0.29) is 23.3 Å². The molecule has 2 heterocycles. The summed E-state index contributed by atoms with van der Waals surface area (Å²) < 4.78 is 6.52. The molecule has 0 saturated heterocycles. The highest BCUT2D eigenvalue weighted by atomic mass is 16.5. The molecule has 5 rings (SSSR count). The second kappa shape index (κ2) is 10.3. The van der Waals surface area contributed by atoms with E-state index in [1.54, 1.807) is 34.9 Å². The number of hydrogen-bond acceptors (Lipinski definition) is 6. The minimum Gasteiger partial charge on any atom is -0.503 e. The zero-order valence-electron chi connectivity index (χ0n) is 20.6. The maximum absolute atomic E-state index is 13.7. The van der Waals surface area contributed by atoms with E-state index in [1.807, 2.05) is 31.2 Å².